The van der Waals surface area contributed by atoms with E-state index >= 15 is 0 Å². The third kappa shape index (κ3) is 5.04. The van der Waals surface area contributed by atoms with Crippen LogP contribution in [0.15, 0.2) is 41.5 Å². The average Bonchev–Trinajstić information content (AvgIpc) is 2.62. The van der Waals surface area contributed by atoms with Gasteiger partial charge in [-0.2, -0.15) is 5.10 Å². The molecule has 0 spiro atoms. The van der Waals surface area contributed by atoms with Gasteiger partial charge in [0.1, 0.15) is 11.5 Å². The van der Waals surface area contributed by atoms with Gasteiger partial charge in [0, 0.05) is 17.7 Å². The summed E-state index contributed by atoms with van der Waals surface area (Å²) in [4.78, 5) is 22.1. The second kappa shape index (κ2) is 8.61. The van der Waals surface area contributed by atoms with Crippen LogP contribution in [-0.2, 0) is 4.79 Å². The molecule has 0 unspecified atom stereocenters. The van der Waals surface area contributed by atoms with Gasteiger partial charge < -0.3 is 9.47 Å². The van der Waals surface area contributed by atoms with Gasteiger partial charge in [-0.15, -0.1) is 0 Å². The van der Waals surface area contributed by atoms with E-state index in [2.05, 4.69) is 10.5 Å². The lowest BCUT2D eigenvalue weighted by Gasteiger charge is -2.07. The van der Waals surface area contributed by atoms with E-state index in [1.54, 1.807) is 6.07 Å². The lowest BCUT2D eigenvalue weighted by atomic mass is 10.1. The molecule has 1 amide bonds. The van der Waals surface area contributed by atoms with Gasteiger partial charge in [-0.3, -0.25) is 14.9 Å². The molecule has 0 bridgehead atoms. The summed E-state index contributed by atoms with van der Waals surface area (Å²) in [6, 6.07) is 9.64. The Bertz CT molecular complexity index is 849. The first-order chi connectivity index (χ1) is 12.4. The van der Waals surface area contributed by atoms with Crippen LogP contribution in [0, 0.1) is 24.0 Å². The van der Waals surface area contributed by atoms with E-state index in [4.69, 9.17) is 9.47 Å². The summed E-state index contributed by atoms with van der Waals surface area (Å²) >= 11 is 0. The summed E-state index contributed by atoms with van der Waals surface area (Å²) in [6.07, 6.45) is 1.28. The van der Waals surface area contributed by atoms with Crippen LogP contribution in [0.3, 0.4) is 0 Å². The van der Waals surface area contributed by atoms with Crippen molar-refractivity contribution in [2.45, 2.75) is 13.8 Å². The molecule has 0 fully saturated rings. The lowest BCUT2D eigenvalue weighted by molar-refractivity contribution is -0.384. The number of aryl methyl sites for hydroxylation is 2. The summed E-state index contributed by atoms with van der Waals surface area (Å²) in [5.74, 6) is 0.538. The molecule has 2 aromatic rings. The number of hydrazone groups is 1. The van der Waals surface area contributed by atoms with E-state index in [1.807, 2.05) is 26.0 Å². The van der Waals surface area contributed by atoms with Gasteiger partial charge in [0.25, 0.3) is 11.6 Å². The molecule has 0 saturated heterocycles. The molecular weight excluding hydrogens is 338 g/mol. The Morgan fingerprint density at radius 2 is 2.00 bits per heavy atom. The normalized spacial score (nSPS) is 10.6. The zero-order valence-electron chi connectivity index (χ0n) is 14.7. The zero-order chi connectivity index (χ0) is 19.1. The number of carbonyl (C=O) groups is 1. The fourth-order valence-corrected chi connectivity index (χ4v) is 2.09. The number of ether oxygens (including phenoxy) is 2. The van der Waals surface area contributed by atoms with Gasteiger partial charge in [0.15, 0.2) is 6.61 Å². The molecular formula is C18H19N3O5. The molecule has 1 N–H and O–H groups in total. The van der Waals surface area contributed by atoms with Crippen molar-refractivity contribution in [1.29, 1.82) is 0 Å². The van der Waals surface area contributed by atoms with Crippen molar-refractivity contribution in [2.24, 2.45) is 5.10 Å². The molecule has 0 aliphatic carbocycles. The van der Waals surface area contributed by atoms with Gasteiger partial charge in [-0.25, -0.2) is 5.43 Å². The van der Waals surface area contributed by atoms with Gasteiger partial charge in [-0.1, -0.05) is 6.07 Å². The van der Waals surface area contributed by atoms with Crippen molar-refractivity contribution in [1.82, 2.24) is 5.43 Å². The highest BCUT2D eigenvalue weighted by molar-refractivity contribution is 5.86. The molecule has 0 aliphatic heterocycles. The smallest absolute Gasteiger partial charge is 0.277 e. The summed E-state index contributed by atoms with van der Waals surface area (Å²) in [6.45, 7) is 3.74. The molecule has 0 radical (unpaired) electrons. The molecule has 136 valence electrons. The monoisotopic (exact) mass is 357 g/mol. The minimum Gasteiger partial charge on any atom is -0.496 e. The van der Waals surface area contributed by atoms with Gasteiger partial charge in [0.05, 0.1) is 18.2 Å². The number of non-ortho nitro benzene ring substituents is 1. The van der Waals surface area contributed by atoms with Crippen LogP contribution in [0.2, 0.25) is 0 Å². The van der Waals surface area contributed by atoms with Crippen molar-refractivity contribution < 1.29 is 19.2 Å². The molecule has 0 saturated carbocycles. The van der Waals surface area contributed by atoms with Crippen LogP contribution in [0.4, 0.5) is 5.69 Å². The van der Waals surface area contributed by atoms with Crippen LogP contribution < -0.4 is 14.9 Å². The minimum absolute atomic E-state index is 0.100. The standard InChI is InChI=1S/C18H19N3O5/c1-12-4-6-16(8-13(12)2)26-11-18(22)20-19-10-14-9-15(21(23)24)5-7-17(14)25-3/h4-10H,11H2,1-3H3,(H,20,22)/b19-10-. The number of nitro benzene ring substituents is 1. The number of methoxy groups -OCH3 is 1. The summed E-state index contributed by atoms with van der Waals surface area (Å²) < 4.78 is 10.5. The largest absolute Gasteiger partial charge is 0.496 e. The lowest BCUT2D eigenvalue weighted by Crippen LogP contribution is -2.24. The molecule has 0 aromatic heterocycles. The van der Waals surface area contributed by atoms with Crippen LogP contribution in [-0.4, -0.2) is 30.8 Å². The highest BCUT2D eigenvalue weighted by Gasteiger charge is 2.10. The number of amides is 1. The number of nitrogens with zero attached hydrogens (tertiary/aromatic N) is 2. The SMILES string of the molecule is COc1ccc([N+](=O)[O-])cc1/C=N\NC(=O)COc1ccc(C)c(C)c1. The third-order valence-corrected chi connectivity index (χ3v) is 3.67. The van der Waals surface area contributed by atoms with Gasteiger partial charge >= 0.3 is 0 Å². The number of carbonyl (C=O) groups excluding carboxylic acids is 1. The van der Waals surface area contributed by atoms with E-state index in [1.165, 1.54) is 31.5 Å². The Hall–Kier alpha value is -3.42. The summed E-state index contributed by atoms with van der Waals surface area (Å²) in [5, 5.41) is 14.6. The molecule has 2 aromatic carbocycles. The first-order valence-corrected chi connectivity index (χ1v) is 7.75. The van der Waals surface area contributed by atoms with E-state index in [9.17, 15) is 14.9 Å². The van der Waals surface area contributed by atoms with Crippen molar-refractivity contribution in [3.05, 3.63) is 63.2 Å². The Morgan fingerprint density at radius 1 is 1.23 bits per heavy atom. The maximum Gasteiger partial charge on any atom is 0.277 e. The number of rotatable bonds is 7. The fourth-order valence-electron chi connectivity index (χ4n) is 2.09. The van der Waals surface area contributed by atoms with Crippen molar-refractivity contribution >= 4 is 17.8 Å². The number of nitro groups is 1. The highest BCUT2D eigenvalue weighted by atomic mass is 16.6. The van der Waals surface area contributed by atoms with Crippen molar-refractivity contribution in [2.75, 3.05) is 13.7 Å². The molecule has 8 nitrogen and oxygen atoms in total. The maximum atomic E-state index is 11.8. The maximum absolute atomic E-state index is 11.8. The number of hydrogen-bond acceptors (Lipinski definition) is 6. The topological polar surface area (TPSA) is 103 Å². The number of hydrogen-bond donors (Lipinski definition) is 1. The molecule has 8 heteroatoms. The first kappa shape index (κ1) is 18.9. The second-order valence-corrected chi connectivity index (χ2v) is 5.51. The minimum atomic E-state index is -0.521. The molecule has 26 heavy (non-hydrogen) atoms. The zero-order valence-corrected chi connectivity index (χ0v) is 14.7. The quantitative estimate of drug-likeness (QED) is 0.466. The van der Waals surface area contributed by atoms with E-state index in [0.29, 0.717) is 17.1 Å². The van der Waals surface area contributed by atoms with Crippen LogP contribution >= 0.6 is 0 Å². The first-order valence-electron chi connectivity index (χ1n) is 7.75. The third-order valence-electron chi connectivity index (χ3n) is 3.67. The fraction of sp³-hybridized carbons (Fsp3) is 0.222. The Balaban J connectivity index is 1.95. The van der Waals surface area contributed by atoms with Crippen LogP contribution in [0.5, 0.6) is 11.5 Å². The second-order valence-electron chi connectivity index (χ2n) is 5.51. The molecule has 0 heterocycles. The summed E-state index contributed by atoms with van der Waals surface area (Å²) in [7, 11) is 1.44. The highest BCUT2D eigenvalue weighted by Crippen LogP contribution is 2.22. The van der Waals surface area contributed by atoms with Crippen LogP contribution in [0.25, 0.3) is 0 Å². The molecule has 0 aliphatic rings. The van der Waals surface area contributed by atoms with E-state index < -0.39 is 10.8 Å². The number of benzene rings is 2. The molecule has 0 atom stereocenters. The number of nitrogens with one attached hydrogen (secondary N) is 1. The molecule has 2 rings (SSSR count). The van der Waals surface area contributed by atoms with Gasteiger partial charge in [0.2, 0.25) is 0 Å². The predicted molar refractivity (Wildman–Crippen MR) is 96.8 cm³/mol. The summed E-state index contributed by atoms with van der Waals surface area (Å²) in [5.41, 5.74) is 4.78. The predicted octanol–water partition coefficient (Wildman–Crippen LogP) is 2.75. The van der Waals surface area contributed by atoms with E-state index in [-0.39, 0.29) is 12.3 Å². The van der Waals surface area contributed by atoms with Gasteiger partial charge in [-0.05, 0) is 43.2 Å². The van der Waals surface area contributed by atoms with E-state index in [0.717, 1.165) is 11.1 Å². The average molecular weight is 357 g/mol. The van der Waals surface area contributed by atoms with Crippen molar-refractivity contribution in [3.8, 4) is 11.5 Å². The van der Waals surface area contributed by atoms with Crippen molar-refractivity contribution in [3.63, 3.8) is 0 Å². The Morgan fingerprint density at radius 3 is 2.65 bits per heavy atom. The Kier molecular flexibility index (Phi) is 6.26. The Labute approximate surface area is 150 Å². The van der Waals surface area contributed by atoms with Crippen LogP contribution in [0.1, 0.15) is 16.7 Å².